The minimum atomic E-state index is 0.333. The standard InChI is InChI=1S/C11H19N5S/c1-5-17-6-7(2)16-10-9(13-11(16)12)8(3)14-15(10)4/h7H,5-6H2,1-4H3,(H2,12,13). The van der Waals surface area contributed by atoms with E-state index < -0.39 is 0 Å². The number of imidazole rings is 1. The number of aryl methyl sites for hydroxylation is 2. The fraction of sp³-hybridized carbons (Fsp3) is 0.636. The van der Waals surface area contributed by atoms with Crippen molar-refractivity contribution in [3.63, 3.8) is 0 Å². The van der Waals surface area contributed by atoms with Crippen LogP contribution in [0.15, 0.2) is 0 Å². The molecule has 0 aromatic carbocycles. The Morgan fingerprint density at radius 1 is 1.47 bits per heavy atom. The Morgan fingerprint density at radius 3 is 2.82 bits per heavy atom. The summed E-state index contributed by atoms with van der Waals surface area (Å²) in [6.07, 6.45) is 0. The van der Waals surface area contributed by atoms with Gasteiger partial charge in [-0.15, -0.1) is 0 Å². The average Bonchev–Trinajstić information content (AvgIpc) is 2.74. The second kappa shape index (κ2) is 4.60. The molecule has 2 aromatic rings. The van der Waals surface area contributed by atoms with E-state index in [0.717, 1.165) is 28.4 Å². The highest BCUT2D eigenvalue weighted by Crippen LogP contribution is 2.26. The van der Waals surface area contributed by atoms with Gasteiger partial charge in [0.1, 0.15) is 5.52 Å². The van der Waals surface area contributed by atoms with Crippen molar-refractivity contribution in [1.82, 2.24) is 19.3 Å². The predicted molar refractivity (Wildman–Crippen MR) is 73.4 cm³/mol. The highest BCUT2D eigenvalue weighted by Gasteiger charge is 2.19. The minimum Gasteiger partial charge on any atom is -0.369 e. The third kappa shape index (κ3) is 2.01. The van der Waals surface area contributed by atoms with E-state index in [0.29, 0.717) is 12.0 Å². The van der Waals surface area contributed by atoms with Crippen LogP contribution in [0, 0.1) is 6.92 Å². The van der Waals surface area contributed by atoms with Gasteiger partial charge >= 0.3 is 0 Å². The fourth-order valence-corrected chi connectivity index (χ4v) is 2.84. The third-order valence-electron chi connectivity index (χ3n) is 2.87. The van der Waals surface area contributed by atoms with E-state index in [1.165, 1.54) is 0 Å². The Morgan fingerprint density at radius 2 is 2.18 bits per heavy atom. The quantitative estimate of drug-likeness (QED) is 0.905. The number of hydrogen-bond donors (Lipinski definition) is 1. The van der Waals surface area contributed by atoms with Gasteiger partial charge in [-0.1, -0.05) is 6.92 Å². The van der Waals surface area contributed by atoms with Crippen molar-refractivity contribution in [2.45, 2.75) is 26.8 Å². The number of rotatable bonds is 4. The topological polar surface area (TPSA) is 61.7 Å². The van der Waals surface area contributed by atoms with Crippen LogP contribution in [0.5, 0.6) is 0 Å². The van der Waals surface area contributed by atoms with Crippen LogP contribution in [-0.4, -0.2) is 30.8 Å². The largest absolute Gasteiger partial charge is 0.369 e. The minimum absolute atomic E-state index is 0.333. The molecule has 0 aliphatic rings. The van der Waals surface area contributed by atoms with Crippen LogP contribution in [0.3, 0.4) is 0 Å². The molecule has 0 spiro atoms. The molecule has 1 unspecified atom stereocenters. The molecule has 2 aromatic heterocycles. The van der Waals surface area contributed by atoms with E-state index in [4.69, 9.17) is 5.73 Å². The van der Waals surface area contributed by atoms with Gasteiger partial charge < -0.3 is 5.73 Å². The number of nitrogens with two attached hydrogens (primary N) is 1. The summed E-state index contributed by atoms with van der Waals surface area (Å²) in [6, 6.07) is 0.333. The summed E-state index contributed by atoms with van der Waals surface area (Å²) in [6.45, 7) is 6.30. The van der Waals surface area contributed by atoms with Gasteiger partial charge in [-0.3, -0.25) is 9.25 Å². The highest BCUT2D eigenvalue weighted by molar-refractivity contribution is 7.99. The maximum atomic E-state index is 6.01. The molecule has 0 fully saturated rings. The summed E-state index contributed by atoms with van der Waals surface area (Å²) >= 11 is 1.91. The number of thioether (sulfide) groups is 1. The second-order valence-corrected chi connectivity index (χ2v) is 5.55. The Kier molecular flexibility index (Phi) is 3.33. The summed E-state index contributed by atoms with van der Waals surface area (Å²) in [5.41, 5.74) is 8.88. The first-order valence-corrected chi connectivity index (χ1v) is 6.96. The smallest absolute Gasteiger partial charge is 0.202 e. The summed E-state index contributed by atoms with van der Waals surface area (Å²) in [5.74, 6) is 2.74. The summed E-state index contributed by atoms with van der Waals surface area (Å²) in [5, 5.41) is 4.39. The van der Waals surface area contributed by atoms with Crippen molar-refractivity contribution in [2.75, 3.05) is 17.2 Å². The first-order chi connectivity index (χ1) is 8.06. The molecule has 6 heteroatoms. The molecule has 94 valence electrons. The van der Waals surface area contributed by atoms with E-state index in [2.05, 4.69) is 28.5 Å². The zero-order valence-corrected chi connectivity index (χ0v) is 11.6. The maximum Gasteiger partial charge on any atom is 0.202 e. The molecule has 5 nitrogen and oxygen atoms in total. The monoisotopic (exact) mass is 253 g/mol. The van der Waals surface area contributed by atoms with Gasteiger partial charge in [-0.25, -0.2) is 4.98 Å². The molecule has 0 bridgehead atoms. The number of hydrogen-bond acceptors (Lipinski definition) is 4. The lowest BCUT2D eigenvalue weighted by Crippen LogP contribution is -2.13. The summed E-state index contributed by atoms with van der Waals surface area (Å²) in [7, 11) is 1.94. The number of fused-ring (bicyclic) bond motifs is 1. The number of nitrogens with zero attached hydrogens (tertiary/aromatic N) is 4. The van der Waals surface area contributed by atoms with Gasteiger partial charge in [0.15, 0.2) is 5.65 Å². The first kappa shape index (κ1) is 12.3. The Hall–Kier alpha value is -1.17. The molecule has 1 atom stereocenters. The van der Waals surface area contributed by atoms with E-state index in [1.807, 2.05) is 30.4 Å². The van der Waals surface area contributed by atoms with Gasteiger partial charge in [0.2, 0.25) is 5.95 Å². The normalized spacial score (nSPS) is 13.4. The van der Waals surface area contributed by atoms with Crippen molar-refractivity contribution < 1.29 is 0 Å². The van der Waals surface area contributed by atoms with Gasteiger partial charge in [-0.2, -0.15) is 16.9 Å². The van der Waals surface area contributed by atoms with Crippen molar-refractivity contribution in [1.29, 1.82) is 0 Å². The molecule has 2 N–H and O–H groups in total. The number of anilines is 1. The third-order valence-corrected chi connectivity index (χ3v) is 3.99. The molecule has 0 aliphatic carbocycles. The van der Waals surface area contributed by atoms with Gasteiger partial charge in [0.05, 0.1) is 5.69 Å². The SMILES string of the molecule is CCSCC(C)n1c(N)nc2c(C)nn(C)c21. The molecule has 0 saturated heterocycles. The molecule has 0 aliphatic heterocycles. The molecule has 0 radical (unpaired) electrons. The zero-order valence-electron chi connectivity index (χ0n) is 10.8. The molecule has 0 amide bonds. The van der Waals surface area contributed by atoms with Crippen LogP contribution in [-0.2, 0) is 7.05 Å². The zero-order chi connectivity index (χ0) is 12.6. The highest BCUT2D eigenvalue weighted by atomic mass is 32.2. The van der Waals surface area contributed by atoms with Gasteiger partial charge in [0, 0.05) is 18.8 Å². The van der Waals surface area contributed by atoms with E-state index >= 15 is 0 Å². The molecular formula is C11H19N5S. The average molecular weight is 253 g/mol. The number of aromatic nitrogens is 4. The van der Waals surface area contributed by atoms with Crippen molar-refractivity contribution >= 4 is 28.9 Å². The lowest BCUT2D eigenvalue weighted by Gasteiger charge is -2.15. The summed E-state index contributed by atoms with van der Waals surface area (Å²) in [4.78, 5) is 4.41. The Bertz CT molecular complexity index is 527. The van der Waals surface area contributed by atoms with Crippen molar-refractivity contribution in [3.8, 4) is 0 Å². The number of nitrogen functional groups attached to an aromatic ring is 1. The van der Waals surface area contributed by atoms with Crippen molar-refractivity contribution in [3.05, 3.63) is 5.69 Å². The molecule has 0 saturated carbocycles. The van der Waals surface area contributed by atoms with Crippen LogP contribution in [0.25, 0.3) is 11.2 Å². The van der Waals surface area contributed by atoms with E-state index in [9.17, 15) is 0 Å². The molecular weight excluding hydrogens is 234 g/mol. The molecule has 2 heterocycles. The van der Waals surface area contributed by atoms with Crippen molar-refractivity contribution in [2.24, 2.45) is 7.05 Å². The van der Waals surface area contributed by atoms with Crippen LogP contribution in [0.1, 0.15) is 25.6 Å². The van der Waals surface area contributed by atoms with Crippen LogP contribution < -0.4 is 5.73 Å². The Balaban J connectivity index is 2.48. The fourth-order valence-electron chi connectivity index (χ4n) is 2.11. The first-order valence-electron chi connectivity index (χ1n) is 5.81. The molecule has 2 rings (SSSR count). The van der Waals surface area contributed by atoms with Crippen LogP contribution in [0.4, 0.5) is 5.95 Å². The van der Waals surface area contributed by atoms with Gasteiger partial charge in [0.25, 0.3) is 0 Å². The Labute approximate surface area is 105 Å². The van der Waals surface area contributed by atoms with E-state index in [-0.39, 0.29) is 0 Å². The maximum absolute atomic E-state index is 6.01. The lowest BCUT2D eigenvalue weighted by molar-refractivity contribution is 0.611. The second-order valence-electron chi connectivity index (χ2n) is 4.23. The van der Waals surface area contributed by atoms with Gasteiger partial charge in [-0.05, 0) is 19.6 Å². The van der Waals surface area contributed by atoms with E-state index in [1.54, 1.807) is 0 Å². The van der Waals surface area contributed by atoms with Crippen LogP contribution in [0.2, 0.25) is 0 Å². The predicted octanol–water partition coefficient (Wildman–Crippen LogP) is 1.97. The lowest BCUT2D eigenvalue weighted by atomic mass is 10.3. The summed E-state index contributed by atoms with van der Waals surface area (Å²) < 4.78 is 3.94. The van der Waals surface area contributed by atoms with Crippen LogP contribution >= 0.6 is 11.8 Å². The molecule has 17 heavy (non-hydrogen) atoms.